The summed E-state index contributed by atoms with van der Waals surface area (Å²) < 4.78 is 0. The highest BCUT2D eigenvalue weighted by Gasteiger charge is 2.13. The van der Waals surface area contributed by atoms with Crippen LogP contribution in [-0.2, 0) is 9.59 Å². The molecule has 1 aromatic carbocycles. The van der Waals surface area contributed by atoms with Crippen LogP contribution in [0.2, 0.25) is 0 Å². The van der Waals surface area contributed by atoms with Crippen LogP contribution in [0.3, 0.4) is 0 Å². The number of aryl methyl sites for hydroxylation is 1. The number of carbonyl (C=O) groups is 2. The molecule has 0 saturated heterocycles. The first-order chi connectivity index (χ1) is 11.0. The first-order valence-electron chi connectivity index (χ1n) is 7.45. The summed E-state index contributed by atoms with van der Waals surface area (Å²) in [4.78, 5) is 35.8. The maximum atomic E-state index is 11.6. The van der Waals surface area contributed by atoms with E-state index in [2.05, 4.69) is 25.6 Å². The Bertz CT molecular complexity index is 694. The molecule has 23 heavy (non-hydrogen) atoms. The van der Waals surface area contributed by atoms with Crippen LogP contribution in [0.1, 0.15) is 32.3 Å². The Labute approximate surface area is 134 Å². The average Bonchev–Trinajstić information content (AvgIpc) is 2.54. The van der Waals surface area contributed by atoms with E-state index in [-0.39, 0.29) is 23.7 Å². The van der Waals surface area contributed by atoms with E-state index >= 15 is 0 Å². The van der Waals surface area contributed by atoms with Crippen LogP contribution in [0, 0.1) is 6.92 Å². The second kappa shape index (κ2) is 7.44. The maximum absolute atomic E-state index is 11.6. The molecule has 1 aromatic heterocycles. The molecule has 0 aliphatic heterocycles. The minimum absolute atomic E-state index is 0.122. The third-order valence-corrected chi connectivity index (χ3v) is 3.17. The summed E-state index contributed by atoms with van der Waals surface area (Å²) in [5, 5.41) is 5.20. The van der Waals surface area contributed by atoms with Crippen molar-refractivity contribution in [3.8, 4) is 11.4 Å². The monoisotopic (exact) mass is 313 g/mol. The van der Waals surface area contributed by atoms with Gasteiger partial charge in [0.15, 0.2) is 5.82 Å². The van der Waals surface area contributed by atoms with Crippen LogP contribution < -0.4 is 10.6 Å². The molecule has 2 aromatic rings. The van der Waals surface area contributed by atoms with E-state index in [1.807, 2.05) is 31.2 Å². The predicted molar refractivity (Wildman–Crippen MR) is 87.8 cm³/mol. The molecule has 1 heterocycles. The normalized spacial score (nSPS) is 10.2. The topological polar surface area (TPSA) is 96.9 Å². The molecule has 0 bridgehead atoms. The van der Waals surface area contributed by atoms with E-state index in [1.54, 1.807) is 13.8 Å². The first kappa shape index (κ1) is 16.5. The van der Waals surface area contributed by atoms with Crippen molar-refractivity contribution in [2.75, 3.05) is 10.6 Å². The van der Waals surface area contributed by atoms with E-state index in [0.29, 0.717) is 18.7 Å². The molecule has 0 spiro atoms. The van der Waals surface area contributed by atoms with Crippen molar-refractivity contribution < 1.29 is 9.59 Å². The molecule has 120 valence electrons. The van der Waals surface area contributed by atoms with Gasteiger partial charge in [0.2, 0.25) is 23.7 Å². The van der Waals surface area contributed by atoms with E-state index < -0.39 is 0 Å². The molecule has 0 unspecified atom stereocenters. The lowest BCUT2D eigenvalue weighted by atomic mass is 10.1. The van der Waals surface area contributed by atoms with E-state index in [9.17, 15) is 9.59 Å². The molecular weight excluding hydrogens is 294 g/mol. The fraction of sp³-hybridized carbons (Fsp3) is 0.312. The SMILES string of the molecule is CCC(=O)Nc1nc(NC(=O)CC)nc(-c2ccccc2C)n1. The minimum atomic E-state index is -0.209. The summed E-state index contributed by atoms with van der Waals surface area (Å²) in [6, 6.07) is 7.61. The van der Waals surface area contributed by atoms with Gasteiger partial charge in [0, 0.05) is 18.4 Å². The quantitative estimate of drug-likeness (QED) is 0.884. The largest absolute Gasteiger partial charge is 0.294 e. The van der Waals surface area contributed by atoms with Gasteiger partial charge in [-0.1, -0.05) is 38.1 Å². The molecule has 2 rings (SSSR count). The number of carbonyl (C=O) groups excluding carboxylic acids is 2. The second-order valence-corrected chi connectivity index (χ2v) is 4.92. The number of benzene rings is 1. The number of hydrogen-bond donors (Lipinski definition) is 2. The molecule has 0 fully saturated rings. The number of amides is 2. The molecule has 2 amide bonds. The predicted octanol–water partition coefficient (Wildman–Crippen LogP) is 2.54. The van der Waals surface area contributed by atoms with E-state index in [1.165, 1.54) is 0 Å². The van der Waals surface area contributed by atoms with Crippen molar-refractivity contribution in [2.24, 2.45) is 0 Å². The van der Waals surface area contributed by atoms with Gasteiger partial charge in [-0.2, -0.15) is 15.0 Å². The Kier molecular flexibility index (Phi) is 5.35. The number of rotatable bonds is 5. The Morgan fingerprint density at radius 1 is 0.913 bits per heavy atom. The van der Waals surface area contributed by atoms with E-state index in [4.69, 9.17) is 0 Å². The zero-order valence-electron chi connectivity index (χ0n) is 13.4. The number of aromatic nitrogens is 3. The van der Waals surface area contributed by atoms with Crippen molar-refractivity contribution in [3.05, 3.63) is 29.8 Å². The number of nitrogens with one attached hydrogen (secondary N) is 2. The van der Waals surface area contributed by atoms with Gasteiger partial charge in [0.25, 0.3) is 0 Å². The molecule has 0 radical (unpaired) electrons. The summed E-state index contributed by atoms with van der Waals surface area (Å²) in [5.41, 5.74) is 1.80. The summed E-state index contributed by atoms with van der Waals surface area (Å²) in [5.74, 6) is 0.225. The Hall–Kier alpha value is -2.83. The minimum Gasteiger partial charge on any atom is -0.294 e. The van der Waals surface area contributed by atoms with Gasteiger partial charge in [-0.05, 0) is 12.5 Å². The molecule has 7 nitrogen and oxygen atoms in total. The number of nitrogens with zero attached hydrogens (tertiary/aromatic N) is 3. The molecular formula is C16H19N5O2. The second-order valence-electron chi connectivity index (χ2n) is 4.92. The van der Waals surface area contributed by atoms with Crippen LogP contribution in [0.15, 0.2) is 24.3 Å². The Morgan fingerprint density at radius 3 is 1.91 bits per heavy atom. The van der Waals surface area contributed by atoms with Crippen molar-refractivity contribution >= 4 is 23.7 Å². The van der Waals surface area contributed by atoms with Crippen molar-refractivity contribution in [2.45, 2.75) is 33.6 Å². The van der Waals surface area contributed by atoms with Crippen molar-refractivity contribution in [3.63, 3.8) is 0 Å². The lowest BCUT2D eigenvalue weighted by Gasteiger charge is -2.10. The third-order valence-electron chi connectivity index (χ3n) is 3.17. The zero-order valence-corrected chi connectivity index (χ0v) is 13.4. The van der Waals surface area contributed by atoms with Crippen LogP contribution >= 0.6 is 0 Å². The number of hydrogen-bond acceptors (Lipinski definition) is 5. The number of anilines is 2. The van der Waals surface area contributed by atoms with Crippen LogP contribution in [-0.4, -0.2) is 26.8 Å². The molecule has 7 heteroatoms. The average molecular weight is 313 g/mol. The highest BCUT2D eigenvalue weighted by molar-refractivity contribution is 5.90. The van der Waals surface area contributed by atoms with Gasteiger partial charge in [0.05, 0.1) is 0 Å². The zero-order chi connectivity index (χ0) is 16.8. The van der Waals surface area contributed by atoms with Gasteiger partial charge in [0.1, 0.15) is 0 Å². The van der Waals surface area contributed by atoms with Crippen LogP contribution in [0.5, 0.6) is 0 Å². The lowest BCUT2D eigenvalue weighted by molar-refractivity contribution is -0.116. The molecule has 2 N–H and O–H groups in total. The van der Waals surface area contributed by atoms with Gasteiger partial charge in [-0.15, -0.1) is 0 Å². The van der Waals surface area contributed by atoms with Gasteiger partial charge < -0.3 is 0 Å². The standard InChI is InChI=1S/C16H19N5O2/c1-4-12(22)17-15-19-14(11-9-7-6-8-10(11)3)20-16(21-15)18-13(23)5-2/h6-9H,4-5H2,1-3H3,(H2,17,18,19,20,21,22,23). The molecule has 0 atom stereocenters. The Balaban J connectivity index is 2.46. The molecule has 0 aliphatic carbocycles. The smallest absolute Gasteiger partial charge is 0.234 e. The van der Waals surface area contributed by atoms with Gasteiger partial charge in [-0.3, -0.25) is 20.2 Å². The van der Waals surface area contributed by atoms with Gasteiger partial charge in [-0.25, -0.2) is 0 Å². The summed E-state index contributed by atoms with van der Waals surface area (Å²) >= 11 is 0. The summed E-state index contributed by atoms with van der Waals surface area (Å²) in [6.45, 7) is 5.41. The first-order valence-corrected chi connectivity index (χ1v) is 7.45. The summed E-state index contributed by atoms with van der Waals surface area (Å²) in [6.07, 6.45) is 0.615. The molecule has 0 saturated carbocycles. The van der Waals surface area contributed by atoms with E-state index in [0.717, 1.165) is 11.1 Å². The molecule has 0 aliphatic rings. The third kappa shape index (κ3) is 4.32. The Morgan fingerprint density at radius 2 is 1.43 bits per heavy atom. The highest BCUT2D eigenvalue weighted by atomic mass is 16.2. The van der Waals surface area contributed by atoms with Crippen LogP contribution in [0.25, 0.3) is 11.4 Å². The fourth-order valence-corrected chi connectivity index (χ4v) is 1.86. The fourth-order valence-electron chi connectivity index (χ4n) is 1.86. The highest BCUT2D eigenvalue weighted by Crippen LogP contribution is 2.21. The summed E-state index contributed by atoms with van der Waals surface area (Å²) in [7, 11) is 0. The lowest BCUT2D eigenvalue weighted by Crippen LogP contribution is -2.17. The van der Waals surface area contributed by atoms with Crippen LogP contribution in [0.4, 0.5) is 11.9 Å². The van der Waals surface area contributed by atoms with Crippen molar-refractivity contribution in [1.82, 2.24) is 15.0 Å². The maximum Gasteiger partial charge on any atom is 0.234 e. The van der Waals surface area contributed by atoms with Gasteiger partial charge >= 0.3 is 0 Å². The van der Waals surface area contributed by atoms with Crippen molar-refractivity contribution in [1.29, 1.82) is 0 Å².